The summed E-state index contributed by atoms with van der Waals surface area (Å²) in [4.78, 5) is 0. The molecule has 0 atom stereocenters. The van der Waals surface area contributed by atoms with Crippen molar-refractivity contribution in [2.24, 2.45) is 0 Å². The fourth-order valence-electron chi connectivity index (χ4n) is 3.38. The number of ether oxygens (including phenoxy) is 3. The number of benzene rings is 3. The maximum absolute atomic E-state index is 6.17. The first kappa shape index (κ1) is 16.3. The average molecular weight is 344 g/mol. The van der Waals surface area contributed by atoms with Gasteiger partial charge in [0.25, 0.3) is 0 Å². The summed E-state index contributed by atoms with van der Waals surface area (Å²) >= 11 is 0. The van der Waals surface area contributed by atoms with Crippen molar-refractivity contribution in [2.75, 3.05) is 14.2 Å². The van der Waals surface area contributed by atoms with Crippen LogP contribution in [0.4, 0.5) is 0 Å². The van der Waals surface area contributed by atoms with E-state index in [-0.39, 0.29) is 0 Å². The van der Waals surface area contributed by atoms with E-state index in [0.29, 0.717) is 0 Å². The Balaban J connectivity index is 2.07. The maximum atomic E-state index is 6.17. The molecule has 0 saturated heterocycles. The van der Waals surface area contributed by atoms with Crippen molar-refractivity contribution >= 4 is 12.2 Å². The van der Waals surface area contributed by atoms with E-state index in [4.69, 9.17) is 14.2 Å². The monoisotopic (exact) mass is 344 g/mol. The number of rotatable bonds is 3. The van der Waals surface area contributed by atoms with Crippen molar-refractivity contribution in [2.45, 2.75) is 6.92 Å². The molecule has 0 fully saturated rings. The molecule has 1 aliphatic rings. The van der Waals surface area contributed by atoms with Crippen LogP contribution in [-0.2, 0) is 0 Å². The number of hydrogen-bond acceptors (Lipinski definition) is 3. The van der Waals surface area contributed by atoms with Gasteiger partial charge in [0.15, 0.2) is 0 Å². The van der Waals surface area contributed by atoms with E-state index in [1.165, 1.54) is 0 Å². The molecular weight excluding hydrogens is 324 g/mol. The Bertz CT molecular complexity index is 1110. The summed E-state index contributed by atoms with van der Waals surface area (Å²) in [5.41, 5.74) is 4.48. The first-order valence-corrected chi connectivity index (χ1v) is 8.45. The lowest BCUT2D eigenvalue weighted by Gasteiger charge is -2.22. The van der Waals surface area contributed by atoms with E-state index < -0.39 is 0 Å². The molecule has 0 unspecified atom stereocenters. The molecular formula is C23H20O3. The van der Waals surface area contributed by atoms with E-state index in [1.807, 2.05) is 36.4 Å². The predicted octanol–water partition coefficient (Wildman–Crippen LogP) is 3.78. The molecule has 3 nitrogen and oxygen atoms in total. The van der Waals surface area contributed by atoms with Gasteiger partial charge in [-0.1, -0.05) is 24.8 Å². The highest BCUT2D eigenvalue weighted by Gasteiger charge is 2.21. The highest BCUT2D eigenvalue weighted by molar-refractivity contribution is 5.86. The van der Waals surface area contributed by atoms with Crippen molar-refractivity contribution < 1.29 is 14.2 Å². The van der Waals surface area contributed by atoms with E-state index in [2.05, 4.69) is 31.7 Å². The molecule has 130 valence electrons. The molecule has 0 N–H and O–H groups in total. The molecule has 3 aromatic rings. The van der Waals surface area contributed by atoms with Gasteiger partial charge in [0.1, 0.15) is 23.0 Å². The molecule has 0 bridgehead atoms. The average Bonchev–Trinajstić information content (AvgIpc) is 2.65. The zero-order valence-corrected chi connectivity index (χ0v) is 15.1. The minimum absolute atomic E-state index is 0.767. The summed E-state index contributed by atoms with van der Waals surface area (Å²) < 4.78 is 16.9. The van der Waals surface area contributed by atoms with Crippen LogP contribution in [0.15, 0.2) is 54.6 Å². The highest BCUT2D eigenvalue weighted by Crippen LogP contribution is 2.39. The zero-order chi connectivity index (χ0) is 18.3. The van der Waals surface area contributed by atoms with Gasteiger partial charge in [0.05, 0.1) is 14.2 Å². The fourth-order valence-corrected chi connectivity index (χ4v) is 3.38. The van der Waals surface area contributed by atoms with Gasteiger partial charge in [-0.2, -0.15) is 0 Å². The third-order valence-corrected chi connectivity index (χ3v) is 4.70. The van der Waals surface area contributed by atoms with Gasteiger partial charge in [0, 0.05) is 22.4 Å². The lowest BCUT2D eigenvalue weighted by Crippen LogP contribution is -2.19. The number of aryl methyl sites for hydroxylation is 1. The van der Waals surface area contributed by atoms with Gasteiger partial charge in [-0.15, -0.1) is 0 Å². The van der Waals surface area contributed by atoms with E-state index in [9.17, 15) is 0 Å². The molecule has 3 heteroatoms. The predicted molar refractivity (Wildman–Crippen MR) is 104 cm³/mol. The Labute approximate surface area is 152 Å². The van der Waals surface area contributed by atoms with Crippen molar-refractivity contribution in [3.8, 4) is 23.0 Å². The van der Waals surface area contributed by atoms with Crippen LogP contribution in [0.5, 0.6) is 23.0 Å². The molecule has 1 heterocycles. The lowest BCUT2D eigenvalue weighted by atomic mass is 9.90. The van der Waals surface area contributed by atoms with Crippen LogP contribution in [0.25, 0.3) is 12.2 Å². The Morgan fingerprint density at radius 3 is 2.15 bits per heavy atom. The highest BCUT2D eigenvalue weighted by atomic mass is 16.5. The van der Waals surface area contributed by atoms with Gasteiger partial charge in [0.2, 0.25) is 0 Å². The van der Waals surface area contributed by atoms with E-state index >= 15 is 0 Å². The molecule has 0 aliphatic carbocycles. The normalized spacial score (nSPS) is 12.0. The summed E-state index contributed by atoms with van der Waals surface area (Å²) in [7, 11) is 3.34. The number of hydrogen-bond donors (Lipinski definition) is 0. The third kappa shape index (κ3) is 2.62. The minimum atomic E-state index is 0.767. The van der Waals surface area contributed by atoms with Crippen molar-refractivity contribution in [3.63, 3.8) is 0 Å². The lowest BCUT2D eigenvalue weighted by molar-refractivity contribution is 0.408. The van der Waals surface area contributed by atoms with Crippen LogP contribution in [0, 0.1) is 6.92 Å². The molecule has 0 aromatic heterocycles. The van der Waals surface area contributed by atoms with Crippen LogP contribution < -0.4 is 24.6 Å². The SMILES string of the molecule is C=c1ccc2c(c1)Oc1cc(OC)ccc1C=2c1ccc(OC)cc1C. The standard InChI is InChI=1S/C23H20O3/c1-14-5-8-19-21(11-14)26-22-13-17(25-4)7-10-20(22)23(19)18-9-6-16(24-3)12-15(18)2/h5-13H,1H2,2-4H3. The largest absolute Gasteiger partial charge is 0.497 e. The minimum Gasteiger partial charge on any atom is -0.497 e. The number of fused-ring (bicyclic) bond motifs is 2. The van der Waals surface area contributed by atoms with Crippen LogP contribution in [-0.4, -0.2) is 14.2 Å². The van der Waals surface area contributed by atoms with Crippen LogP contribution in [0.1, 0.15) is 16.7 Å². The molecule has 3 aromatic carbocycles. The first-order chi connectivity index (χ1) is 12.6. The van der Waals surface area contributed by atoms with Gasteiger partial charge in [-0.25, -0.2) is 0 Å². The third-order valence-electron chi connectivity index (χ3n) is 4.70. The van der Waals surface area contributed by atoms with Gasteiger partial charge >= 0.3 is 0 Å². The molecule has 0 amide bonds. The van der Waals surface area contributed by atoms with Crippen molar-refractivity contribution in [3.05, 3.63) is 81.7 Å². The molecule has 26 heavy (non-hydrogen) atoms. The molecule has 1 aliphatic heterocycles. The smallest absolute Gasteiger partial charge is 0.139 e. The fraction of sp³-hybridized carbons (Fsp3) is 0.130. The molecule has 0 saturated carbocycles. The molecule has 0 radical (unpaired) electrons. The quantitative estimate of drug-likeness (QED) is 0.566. The van der Waals surface area contributed by atoms with Crippen LogP contribution in [0.3, 0.4) is 0 Å². The summed E-state index contributed by atoms with van der Waals surface area (Å²) in [6.07, 6.45) is 0. The van der Waals surface area contributed by atoms with E-state index in [1.54, 1.807) is 14.2 Å². The second-order valence-corrected chi connectivity index (χ2v) is 6.35. The van der Waals surface area contributed by atoms with Crippen LogP contribution >= 0.6 is 0 Å². The van der Waals surface area contributed by atoms with Crippen LogP contribution in [0.2, 0.25) is 0 Å². The van der Waals surface area contributed by atoms with Crippen molar-refractivity contribution in [1.82, 2.24) is 0 Å². The first-order valence-electron chi connectivity index (χ1n) is 8.45. The maximum Gasteiger partial charge on any atom is 0.139 e. The second-order valence-electron chi connectivity index (χ2n) is 6.35. The molecule has 4 rings (SSSR count). The Hall–Kier alpha value is -3.20. The van der Waals surface area contributed by atoms with Gasteiger partial charge in [-0.05, 0) is 53.6 Å². The topological polar surface area (TPSA) is 27.7 Å². The summed E-state index contributed by atoms with van der Waals surface area (Å²) in [5.74, 6) is 3.21. The summed E-state index contributed by atoms with van der Waals surface area (Å²) in [5, 5.41) is 1.98. The van der Waals surface area contributed by atoms with Gasteiger partial charge in [-0.3, -0.25) is 0 Å². The Morgan fingerprint density at radius 2 is 1.46 bits per heavy atom. The summed E-state index contributed by atoms with van der Waals surface area (Å²) in [6.45, 7) is 6.12. The van der Waals surface area contributed by atoms with Gasteiger partial charge < -0.3 is 14.2 Å². The molecule has 0 spiro atoms. The Kier molecular flexibility index (Phi) is 3.92. The van der Waals surface area contributed by atoms with E-state index in [0.717, 1.165) is 55.7 Å². The number of methoxy groups -OCH3 is 2. The zero-order valence-electron chi connectivity index (χ0n) is 15.1. The van der Waals surface area contributed by atoms with Crippen molar-refractivity contribution in [1.29, 1.82) is 0 Å². The second kappa shape index (κ2) is 6.26. The Morgan fingerprint density at radius 1 is 0.769 bits per heavy atom. The summed E-state index contributed by atoms with van der Waals surface area (Å²) in [6, 6.07) is 18.1.